The molecule has 0 bridgehead atoms. The van der Waals surface area contributed by atoms with E-state index in [9.17, 15) is 0 Å². The van der Waals surface area contributed by atoms with Gasteiger partial charge in [-0.1, -0.05) is 0 Å². The maximum absolute atomic E-state index is 8.97. The Hall–Kier alpha value is -0.760. The van der Waals surface area contributed by atoms with E-state index in [0.717, 1.165) is 5.75 Å². The van der Waals surface area contributed by atoms with Gasteiger partial charge in [0.15, 0.2) is 0 Å². The molecule has 16 heavy (non-hydrogen) atoms. The van der Waals surface area contributed by atoms with Crippen molar-refractivity contribution in [2.45, 2.75) is 11.7 Å². The third-order valence-electron chi connectivity index (χ3n) is 2.27. The van der Waals surface area contributed by atoms with Crippen molar-refractivity contribution in [3.8, 4) is 0 Å². The molecule has 1 saturated heterocycles. The zero-order valence-electron chi connectivity index (χ0n) is 8.78. The molecule has 0 unspecified atom stereocenters. The van der Waals surface area contributed by atoms with E-state index in [0.29, 0.717) is 12.6 Å². The normalized spacial score (nSPS) is 31.1. The molecule has 2 aliphatic heterocycles. The topological polar surface area (TPSA) is 80.3 Å². The Kier molecular flexibility index (Phi) is 4.05. The van der Waals surface area contributed by atoms with Crippen LogP contribution in [0.5, 0.6) is 0 Å². The predicted octanol–water partition coefficient (Wildman–Crippen LogP) is -0.488. The molecule has 0 amide bonds. The monoisotopic (exact) mass is 245 g/mol. The number of rotatable bonds is 2. The first-order valence-electron chi connectivity index (χ1n) is 4.99. The van der Waals surface area contributed by atoms with Crippen LogP contribution in [0.15, 0.2) is 17.3 Å². The van der Waals surface area contributed by atoms with Crippen molar-refractivity contribution in [1.29, 1.82) is 0 Å². The third kappa shape index (κ3) is 2.88. The van der Waals surface area contributed by atoms with Crippen LogP contribution in [0.25, 0.3) is 0 Å². The molecule has 90 valence electrons. The molecule has 7 heteroatoms. The van der Waals surface area contributed by atoms with E-state index in [1.165, 1.54) is 0 Å². The fourth-order valence-electron chi connectivity index (χ4n) is 1.43. The van der Waals surface area contributed by atoms with E-state index in [4.69, 9.17) is 20.3 Å². The van der Waals surface area contributed by atoms with Crippen molar-refractivity contribution in [3.05, 3.63) is 12.3 Å². The van der Waals surface area contributed by atoms with Gasteiger partial charge in [-0.25, -0.2) is 4.99 Å². The molecule has 0 spiro atoms. The lowest BCUT2D eigenvalue weighted by Crippen LogP contribution is -2.36. The molecule has 0 aromatic heterocycles. The van der Waals surface area contributed by atoms with E-state index in [1.54, 1.807) is 17.8 Å². The molecule has 0 radical (unpaired) electrons. The van der Waals surface area contributed by atoms with Crippen LogP contribution in [0.2, 0.25) is 0 Å². The molecule has 0 aliphatic carbocycles. The minimum absolute atomic E-state index is 0.0309. The maximum atomic E-state index is 8.97. The SMILES string of the molecule is NC1=NCOCN([C@@H]2CS[C@H](CO)O2)C=C1. The third-order valence-corrected chi connectivity index (χ3v) is 3.38. The van der Waals surface area contributed by atoms with E-state index in [1.807, 2.05) is 11.1 Å². The summed E-state index contributed by atoms with van der Waals surface area (Å²) in [5, 5.41) is 8.97. The molecule has 0 aromatic carbocycles. The number of thioether (sulfide) groups is 1. The summed E-state index contributed by atoms with van der Waals surface area (Å²) < 4.78 is 10.9. The van der Waals surface area contributed by atoms with Crippen molar-refractivity contribution < 1.29 is 14.6 Å². The van der Waals surface area contributed by atoms with Gasteiger partial charge in [0.1, 0.15) is 31.0 Å². The number of ether oxygens (including phenoxy) is 2. The maximum Gasteiger partial charge on any atom is 0.142 e. The van der Waals surface area contributed by atoms with E-state index in [2.05, 4.69) is 4.99 Å². The zero-order chi connectivity index (χ0) is 11.4. The Bertz CT molecular complexity index is 298. The summed E-state index contributed by atoms with van der Waals surface area (Å²) >= 11 is 1.59. The zero-order valence-corrected chi connectivity index (χ0v) is 9.60. The number of aliphatic hydroxyl groups excluding tert-OH is 1. The van der Waals surface area contributed by atoms with Crippen LogP contribution in [-0.4, -0.2) is 53.3 Å². The Morgan fingerprint density at radius 2 is 2.56 bits per heavy atom. The number of nitrogens with zero attached hydrogens (tertiary/aromatic N) is 2. The molecule has 2 atom stereocenters. The largest absolute Gasteiger partial charge is 0.393 e. The lowest BCUT2D eigenvalue weighted by molar-refractivity contribution is -0.0774. The highest BCUT2D eigenvalue weighted by atomic mass is 32.2. The van der Waals surface area contributed by atoms with Crippen molar-refractivity contribution >= 4 is 17.6 Å². The fraction of sp³-hybridized carbons (Fsp3) is 0.667. The summed E-state index contributed by atoms with van der Waals surface area (Å²) in [7, 11) is 0. The van der Waals surface area contributed by atoms with Gasteiger partial charge in [-0.15, -0.1) is 11.8 Å². The van der Waals surface area contributed by atoms with Gasteiger partial charge in [-0.2, -0.15) is 0 Å². The average molecular weight is 245 g/mol. The smallest absolute Gasteiger partial charge is 0.142 e. The van der Waals surface area contributed by atoms with Crippen molar-refractivity contribution in [2.75, 3.05) is 25.8 Å². The number of amidine groups is 1. The number of hydrogen-bond donors (Lipinski definition) is 2. The van der Waals surface area contributed by atoms with Gasteiger partial charge < -0.3 is 25.2 Å². The first-order chi connectivity index (χ1) is 7.79. The van der Waals surface area contributed by atoms with Crippen LogP contribution in [0.1, 0.15) is 0 Å². The fourth-order valence-corrected chi connectivity index (χ4v) is 2.39. The van der Waals surface area contributed by atoms with Gasteiger partial charge in [0.25, 0.3) is 0 Å². The lowest BCUT2D eigenvalue weighted by atomic mass is 10.5. The molecule has 6 nitrogen and oxygen atoms in total. The van der Waals surface area contributed by atoms with Gasteiger partial charge in [-0.3, -0.25) is 0 Å². The summed E-state index contributed by atoms with van der Waals surface area (Å²) in [4.78, 5) is 5.86. The number of hydrogen-bond acceptors (Lipinski definition) is 7. The number of nitrogens with two attached hydrogens (primary N) is 1. The van der Waals surface area contributed by atoms with Crippen LogP contribution in [-0.2, 0) is 9.47 Å². The molecular formula is C9H15N3O3S. The summed E-state index contributed by atoms with van der Waals surface area (Å²) in [5.41, 5.74) is 5.45. The molecule has 1 fully saturated rings. The van der Waals surface area contributed by atoms with Crippen molar-refractivity contribution in [3.63, 3.8) is 0 Å². The van der Waals surface area contributed by atoms with E-state index >= 15 is 0 Å². The van der Waals surface area contributed by atoms with E-state index in [-0.39, 0.29) is 25.0 Å². The van der Waals surface area contributed by atoms with Crippen molar-refractivity contribution in [2.24, 2.45) is 10.7 Å². The average Bonchev–Trinajstić information content (AvgIpc) is 2.73. The van der Waals surface area contributed by atoms with Gasteiger partial charge in [0, 0.05) is 12.0 Å². The highest BCUT2D eigenvalue weighted by molar-refractivity contribution is 8.00. The molecule has 2 aliphatic rings. The van der Waals surface area contributed by atoms with E-state index < -0.39 is 0 Å². The molecule has 0 saturated carbocycles. The molecule has 2 heterocycles. The Balaban J connectivity index is 1.96. The van der Waals surface area contributed by atoms with Crippen LogP contribution >= 0.6 is 11.8 Å². The Morgan fingerprint density at radius 3 is 3.31 bits per heavy atom. The summed E-state index contributed by atoms with van der Waals surface area (Å²) in [6.07, 6.45) is 3.45. The highest BCUT2D eigenvalue weighted by Gasteiger charge is 2.28. The second kappa shape index (κ2) is 5.53. The molecule has 0 aromatic rings. The molecule has 2 rings (SSSR count). The first kappa shape index (κ1) is 11.7. The second-order valence-electron chi connectivity index (χ2n) is 3.41. The van der Waals surface area contributed by atoms with Gasteiger partial charge in [0.05, 0.1) is 6.61 Å². The Morgan fingerprint density at radius 1 is 1.69 bits per heavy atom. The van der Waals surface area contributed by atoms with Crippen LogP contribution in [0.4, 0.5) is 0 Å². The first-order valence-corrected chi connectivity index (χ1v) is 6.04. The second-order valence-corrected chi connectivity index (χ2v) is 4.60. The van der Waals surface area contributed by atoms with Crippen molar-refractivity contribution in [1.82, 2.24) is 4.90 Å². The highest BCUT2D eigenvalue weighted by Crippen LogP contribution is 2.27. The number of aliphatic imine (C=N–C) groups is 1. The minimum atomic E-state index is -0.144. The van der Waals surface area contributed by atoms with Gasteiger partial charge in [0.2, 0.25) is 0 Å². The molecule has 3 N–H and O–H groups in total. The standard InChI is InChI=1S/C9H15N3O3S/c10-7-1-2-12(6-14-5-11-7)8-4-16-9(3-13)15-8/h1-2,8-9,13H,3-6H2,(H2,10,11)/t8-,9+/m0/s1. The Labute approximate surface area is 98.1 Å². The van der Waals surface area contributed by atoms with Crippen LogP contribution in [0.3, 0.4) is 0 Å². The quantitative estimate of drug-likeness (QED) is 0.683. The lowest BCUT2D eigenvalue weighted by Gasteiger charge is -2.26. The summed E-state index contributed by atoms with van der Waals surface area (Å²) in [6.45, 7) is 0.704. The predicted molar refractivity (Wildman–Crippen MR) is 61.6 cm³/mol. The molecular weight excluding hydrogens is 230 g/mol. The minimum Gasteiger partial charge on any atom is -0.393 e. The summed E-state index contributed by atoms with van der Waals surface area (Å²) in [6, 6.07) is 0. The van der Waals surface area contributed by atoms with Crippen LogP contribution in [0, 0.1) is 0 Å². The van der Waals surface area contributed by atoms with Crippen LogP contribution < -0.4 is 5.73 Å². The number of aliphatic hydroxyl groups is 1. The summed E-state index contributed by atoms with van der Waals surface area (Å²) in [5.74, 6) is 1.24. The van der Waals surface area contributed by atoms with Gasteiger partial charge in [-0.05, 0) is 6.08 Å². The van der Waals surface area contributed by atoms with Gasteiger partial charge >= 0.3 is 0 Å².